The number of nitrogens with zero attached hydrogens (tertiary/aromatic N) is 2. The van der Waals surface area contributed by atoms with Crippen LogP contribution in [0.1, 0.15) is 44.9 Å². The number of carbonyl (C=O) groups excluding carboxylic acids is 1. The predicted molar refractivity (Wildman–Crippen MR) is 107 cm³/mol. The molecule has 1 saturated carbocycles. The highest BCUT2D eigenvalue weighted by Gasteiger charge is 2.20. The van der Waals surface area contributed by atoms with Crippen LogP contribution in [-0.2, 0) is 11.2 Å². The first-order valence-corrected chi connectivity index (χ1v) is 10.5. The summed E-state index contributed by atoms with van der Waals surface area (Å²) in [6, 6.07) is 5.11. The molecule has 8 heteroatoms. The second-order valence-corrected chi connectivity index (χ2v) is 8.72. The number of aromatic amines is 1. The van der Waals surface area contributed by atoms with Crippen molar-refractivity contribution in [2.24, 2.45) is 5.92 Å². The van der Waals surface area contributed by atoms with Gasteiger partial charge in [0.1, 0.15) is 5.82 Å². The second kappa shape index (κ2) is 9.11. The Hall–Kier alpha value is -1.24. The first-order valence-electron chi connectivity index (χ1n) is 8.85. The number of nitrogens with one attached hydrogen (secondary N) is 2. The average molecular weight is 413 g/mol. The minimum atomic E-state index is -0.374. The van der Waals surface area contributed by atoms with Crippen LogP contribution < -0.4 is 5.32 Å². The van der Waals surface area contributed by atoms with E-state index in [-0.39, 0.29) is 11.2 Å². The summed E-state index contributed by atoms with van der Waals surface area (Å²) in [4.78, 5) is 16.9. The van der Waals surface area contributed by atoms with Gasteiger partial charge in [0, 0.05) is 6.42 Å². The van der Waals surface area contributed by atoms with Crippen molar-refractivity contribution in [3.05, 3.63) is 34.1 Å². The van der Waals surface area contributed by atoms with Gasteiger partial charge in [-0.3, -0.25) is 9.89 Å². The molecule has 1 atom stereocenters. The number of carbonyl (C=O) groups is 1. The summed E-state index contributed by atoms with van der Waals surface area (Å²) in [6.45, 7) is 1.80. The van der Waals surface area contributed by atoms with Gasteiger partial charge in [-0.2, -0.15) is 0 Å². The lowest BCUT2D eigenvalue weighted by Crippen LogP contribution is -2.22. The Morgan fingerprint density at radius 3 is 2.73 bits per heavy atom. The molecular weight excluding hydrogens is 391 g/mol. The number of para-hydroxylation sites is 1. The van der Waals surface area contributed by atoms with Gasteiger partial charge in [-0.1, -0.05) is 66.7 Å². The maximum Gasteiger partial charge on any atom is 0.237 e. The minimum Gasteiger partial charge on any atom is -0.323 e. The summed E-state index contributed by atoms with van der Waals surface area (Å²) in [7, 11) is 0. The molecule has 1 amide bonds. The molecule has 1 aliphatic rings. The van der Waals surface area contributed by atoms with Crippen molar-refractivity contribution in [1.29, 1.82) is 0 Å². The predicted octanol–water partition coefficient (Wildman–Crippen LogP) is 5.35. The topological polar surface area (TPSA) is 70.7 Å². The summed E-state index contributed by atoms with van der Waals surface area (Å²) >= 11 is 13.5. The third kappa shape index (κ3) is 5.15. The molecule has 0 radical (unpaired) electrons. The zero-order valence-electron chi connectivity index (χ0n) is 14.6. The average Bonchev–Trinajstić information content (AvgIpc) is 3.28. The van der Waals surface area contributed by atoms with Crippen LogP contribution in [0, 0.1) is 5.92 Å². The Bertz CT molecular complexity index is 741. The fraction of sp³-hybridized carbons (Fsp3) is 0.500. The molecule has 1 aromatic carbocycles. The maximum absolute atomic E-state index is 12.4. The van der Waals surface area contributed by atoms with E-state index in [0.717, 1.165) is 24.6 Å². The van der Waals surface area contributed by atoms with E-state index in [4.69, 9.17) is 23.2 Å². The van der Waals surface area contributed by atoms with Gasteiger partial charge < -0.3 is 5.32 Å². The monoisotopic (exact) mass is 412 g/mol. The van der Waals surface area contributed by atoms with Gasteiger partial charge in [0.15, 0.2) is 0 Å². The van der Waals surface area contributed by atoms with Crippen molar-refractivity contribution in [3.8, 4) is 0 Å². The first kappa shape index (κ1) is 19.5. The number of halogens is 2. The normalized spacial score (nSPS) is 16.0. The molecule has 0 spiro atoms. The Balaban J connectivity index is 1.52. The molecule has 0 aliphatic heterocycles. The fourth-order valence-electron chi connectivity index (χ4n) is 3.14. The Morgan fingerprint density at radius 1 is 1.35 bits per heavy atom. The van der Waals surface area contributed by atoms with E-state index in [1.807, 2.05) is 0 Å². The van der Waals surface area contributed by atoms with E-state index in [0.29, 0.717) is 20.9 Å². The minimum absolute atomic E-state index is 0.192. The Kier molecular flexibility index (Phi) is 6.84. The zero-order valence-corrected chi connectivity index (χ0v) is 16.9. The van der Waals surface area contributed by atoms with Crippen molar-refractivity contribution >= 4 is 46.6 Å². The van der Waals surface area contributed by atoms with Crippen LogP contribution in [-0.4, -0.2) is 26.3 Å². The molecule has 0 bridgehead atoms. The van der Waals surface area contributed by atoms with Crippen LogP contribution in [0.2, 0.25) is 10.0 Å². The molecule has 1 fully saturated rings. The summed E-state index contributed by atoms with van der Waals surface area (Å²) in [5.41, 5.74) is 0.431. The van der Waals surface area contributed by atoms with E-state index in [1.54, 1.807) is 25.1 Å². The van der Waals surface area contributed by atoms with Crippen molar-refractivity contribution < 1.29 is 4.79 Å². The third-order valence-electron chi connectivity index (χ3n) is 4.64. The number of benzene rings is 1. The molecule has 2 N–H and O–H groups in total. The first-order chi connectivity index (χ1) is 12.5. The number of thioether (sulfide) groups is 1. The molecule has 26 heavy (non-hydrogen) atoms. The van der Waals surface area contributed by atoms with E-state index in [9.17, 15) is 4.79 Å². The summed E-state index contributed by atoms with van der Waals surface area (Å²) < 4.78 is 0. The number of hydrogen-bond donors (Lipinski definition) is 2. The van der Waals surface area contributed by atoms with Gasteiger partial charge in [-0.15, -0.1) is 5.10 Å². The lowest BCUT2D eigenvalue weighted by Gasteiger charge is -2.12. The molecule has 1 aromatic heterocycles. The molecule has 5 nitrogen and oxygen atoms in total. The highest BCUT2D eigenvalue weighted by molar-refractivity contribution is 8.00. The maximum atomic E-state index is 12.4. The highest BCUT2D eigenvalue weighted by Crippen LogP contribution is 2.31. The van der Waals surface area contributed by atoms with E-state index >= 15 is 0 Å². The number of H-pyrrole nitrogens is 1. The second-order valence-electron chi connectivity index (χ2n) is 6.60. The molecule has 1 heterocycles. The molecule has 2 aromatic rings. The van der Waals surface area contributed by atoms with Gasteiger partial charge in [-0.05, 0) is 31.4 Å². The Labute approximate surface area is 167 Å². The lowest BCUT2D eigenvalue weighted by atomic mass is 10.0. The van der Waals surface area contributed by atoms with Gasteiger partial charge >= 0.3 is 0 Å². The number of anilines is 1. The van der Waals surface area contributed by atoms with Crippen molar-refractivity contribution in [2.75, 3.05) is 5.32 Å². The van der Waals surface area contributed by atoms with Crippen LogP contribution in [0.5, 0.6) is 0 Å². The van der Waals surface area contributed by atoms with Crippen LogP contribution in [0.25, 0.3) is 0 Å². The zero-order chi connectivity index (χ0) is 18.5. The van der Waals surface area contributed by atoms with E-state index in [1.165, 1.54) is 37.4 Å². The molecule has 1 aliphatic carbocycles. The summed E-state index contributed by atoms with van der Waals surface area (Å²) in [5, 5.41) is 11.0. The number of rotatable bonds is 7. The highest BCUT2D eigenvalue weighted by atomic mass is 35.5. The van der Waals surface area contributed by atoms with Gasteiger partial charge in [0.25, 0.3) is 0 Å². The Morgan fingerprint density at radius 2 is 2.04 bits per heavy atom. The fourth-order valence-corrected chi connectivity index (χ4v) is 4.37. The number of aryl methyl sites for hydroxylation is 1. The van der Waals surface area contributed by atoms with Gasteiger partial charge in [-0.25, -0.2) is 4.98 Å². The van der Waals surface area contributed by atoms with E-state index in [2.05, 4.69) is 20.5 Å². The molecule has 1 unspecified atom stereocenters. The third-order valence-corrected chi connectivity index (χ3v) is 6.23. The quantitative estimate of drug-likeness (QED) is 0.600. The largest absolute Gasteiger partial charge is 0.323 e. The molecular formula is C18H22Cl2N4OS. The van der Waals surface area contributed by atoms with Crippen LogP contribution in [0.3, 0.4) is 0 Å². The SMILES string of the molecule is CC(Sc1n[nH]c(CCC2CCCC2)n1)C(=O)Nc1c(Cl)cccc1Cl. The van der Waals surface area contributed by atoms with Crippen LogP contribution in [0.4, 0.5) is 5.69 Å². The van der Waals surface area contributed by atoms with Crippen molar-refractivity contribution in [3.63, 3.8) is 0 Å². The molecule has 140 valence electrons. The number of amides is 1. The molecule has 3 rings (SSSR count). The standard InChI is InChI=1S/C18H22Cl2N4OS/c1-11(17(25)22-16-13(19)7-4-8-14(16)20)26-18-21-15(23-24-18)10-9-12-5-2-3-6-12/h4,7-8,11-12H,2-3,5-6,9-10H2,1H3,(H,22,25)(H,21,23,24). The summed E-state index contributed by atoms with van der Waals surface area (Å²) in [6.07, 6.45) is 7.43. The van der Waals surface area contributed by atoms with Gasteiger partial charge in [0.2, 0.25) is 11.1 Å². The lowest BCUT2D eigenvalue weighted by molar-refractivity contribution is -0.115. The smallest absolute Gasteiger partial charge is 0.237 e. The van der Waals surface area contributed by atoms with Crippen molar-refractivity contribution in [2.45, 2.75) is 55.9 Å². The van der Waals surface area contributed by atoms with E-state index < -0.39 is 0 Å². The summed E-state index contributed by atoms with van der Waals surface area (Å²) in [5.74, 6) is 1.52. The van der Waals surface area contributed by atoms with Gasteiger partial charge in [0.05, 0.1) is 21.0 Å². The molecule has 0 saturated heterocycles. The van der Waals surface area contributed by atoms with Crippen LogP contribution in [0.15, 0.2) is 23.4 Å². The van der Waals surface area contributed by atoms with Crippen molar-refractivity contribution in [1.82, 2.24) is 15.2 Å². The van der Waals surface area contributed by atoms with Crippen LogP contribution >= 0.6 is 35.0 Å². The number of aromatic nitrogens is 3. The number of hydrogen-bond acceptors (Lipinski definition) is 4.